The van der Waals surface area contributed by atoms with Gasteiger partial charge in [0.1, 0.15) is 11.8 Å². The molecule has 142 valence electrons. The minimum atomic E-state index is -4.67. The number of carbonyl (C=O) groups excluding carboxylic acids is 1. The highest BCUT2D eigenvalue weighted by Gasteiger charge is 2.42. The third kappa shape index (κ3) is 2.96. The second-order valence-corrected chi connectivity index (χ2v) is 6.83. The Hall–Kier alpha value is -2.84. The molecule has 9 heteroatoms. The Kier molecular flexibility index (Phi) is 3.97. The lowest BCUT2D eigenvalue weighted by molar-refractivity contribution is -0.145. The van der Waals surface area contributed by atoms with Crippen LogP contribution in [0.25, 0.3) is 0 Å². The summed E-state index contributed by atoms with van der Waals surface area (Å²) >= 11 is 0. The smallest absolute Gasteiger partial charge is 0.453 e. The predicted molar refractivity (Wildman–Crippen MR) is 90.2 cm³/mol. The van der Waals surface area contributed by atoms with Crippen LogP contribution in [0.3, 0.4) is 0 Å². The maximum Gasteiger partial charge on any atom is 0.453 e. The fourth-order valence-corrected chi connectivity index (χ4v) is 3.62. The molecule has 0 amide bonds. The number of hydrogen-bond donors (Lipinski definition) is 1. The lowest BCUT2D eigenvalue weighted by Gasteiger charge is -2.34. The SMILES string of the molecule is COc1ccc([C@H]2C3=C(C[C@H](C)CC3=O)Nc3nc(C(F)(F)F)nn32)cc1. The number of alkyl halides is 3. The zero-order valence-electron chi connectivity index (χ0n) is 14.7. The van der Waals surface area contributed by atoms with Crippen LogP contribution in [0.2, 0.25) is 0 Å². The van der Waals surface area contributed by atoms with Crippen LogP contribution in [0.4, 0.5) is 19.1 Å². The van der Waals surface area contributed by atoms with Gasteiger partial charge >= 0.3 is 6.18 Å². The van der Waals surface area contributed by atoms with E-state index in [9.17, 15) is 18.0 Å². The quantitative estimate of drug-likeness (QED) is 0.865. The molecule has 1 aromatic heterocycles. The molecule has 0 bridgehead atoms. The minimum absolute atomic E-state index is 0.0104. The second kappa shape index (κ2) is 6.11. The Balaban J connectivity index is 1.88. The van der Waals surface area contributed by atoms with Gasteiger partial charge in [-0.2, -0.15) is 18.2 Å². The van der Waals surface area contributed by atoms with Crippen LogP contribution in [0.15, 0.2) is 35.5 Å². The van der Waals surface area contributed by atoms with E-state index in [1.807, 2.05) is 6.92 Å². The van der Waals surface area contributed by atoms with E-state index in [4.69, 9.17) is 4.74 Å². The second-order valence-electron chi connectivity index (χ2n) is 6.83. The molecule has 2 aromatic rings. The molecule has 1 aliphatic carbocycles. The molecule has 0 saturated carbocycles. The molecular weight excluding hydrogens is 361 g/mol. The first-order valence-corrected chi connectivity index (χ1v) is 8.49. The highest BCUT2D eigenvalue weighted by molar-refractivity contribution is 5.99. The van der Waals surface area contributed by atoms with E-state index in [2.05, 4.69) is 15.4 Å². The van der Waals surface area contributed by atoms with Crippen LogP contribution in [0.1, 0.15) is 37.2 Å². The lowest BCUT2D eigenvalue weighted by Crippen LogP contribution is -2.33. The Morgan fingerprint density at radius 2 is 1.93 bits per heavy atom. The van der Waals surface area contributed by atoms with Gasteiger partial charge in [-0.25, -0.2) is 4.68 Å². The maximum absolute atomic E-state index is 13.1. The minimum Gasteiger partial charge on any atom is -0.497 e. The first-order chi connectivity index (χ1) is 12.8. The van der Waals surface area contributed by atoms with Gasteiger partial charge < -0.3 is 10.1 Å². The normalized spacial score (nSPS) is 22.2. The number of rotatable bonds is 2. The van der Waals surface area contributed by atoms with E-state index >= 15 is 0 Å². The zero-order chi connectivity index (χ0) is 19.3. The summed E-state index contributed by atoms with van der Waals surface area (Å²) in [6.07, 6.45) is -3.75. The molecule has 1 aromatic carbocycles. The molecular formula is C18H17F3N4O2. The van der Waals surface area contributed by atoms with Crippen LogP contribution in [-0.4, -0.2) is 27.7 Å². The Bertz CT molecular complexity index is 931. The number of anilines is 1. The fraction of sp³-hybridized carbons (Fsp3) is 0.389. The van der Waals surface area contributed by atoms with Crippen molar-refractivity contribution < 1.29 is 22.7 Å². The van der Waals surface area contributed by atoms with Gasteiger partial charge in [0.15, 0.2) is 5.78 Å². The number of Topliss-reactive ketones (excluding diaryl/α,β-unsaturated/α-hetero) is 1. The van der Waals surface area contributed by atoms with Crippen molar-refractivity contribution in [1.82, 2.24) is 14.8 Å². The van der Waals surface area contributed by atoms with Crippen molar-refractivity contribution >= 4 is 11.7 Å². The molecule has 6 nitrogen and oxygen atoms in total. The molecule has 27 heavy (non-hydrogen) atoms. The summed E-state index contributed by atoms with van der Waals surface area (Å²) in [5, 5.41) is 6.57. The molecule has 0 saturated heterocycles. The average Bonchev–Trinajstić information content (AvgIpc) is 3.04. The van der Waals surface area contributed by atoms with Crippen molar-refractivity contribution in [3.05, 3.63) is 46.9 Å². The van der Waals surface area contributed by atoms with Crippen molar-refractivity contribution in [2.45, 2.75) is 32.0 Å². The van der Waals surface area contributed by atoms with Crippen LogP contribution < -0.4 is 10.1 Å². The molecule has 4 rings (SSSR count). The largest absolute Gasteiger partial charge is 0.497 e. The summed E-state index contributed by atoms with van der Waals surface area (Å²) in [4.78, 5) is 16.4. The van der Waals surface area contributed by atoms with E-state index in [1.165, 1.54) is 7.11 Å². The zero-order valence-corrected chi connectivity index (χ0v) is 14.7. The molecule has 1 aliphatic heterocycles. The van der Waals surface area contributed by atoms with Gasteiger partial charge in [-0.05, 0) is 30.0 Å². The summed E-state index contributed by atoms with van der Waals surface area (Å²) < 4.78 is 45.7. The van der Waals surface area contributed by atoms with Gasteiger partial charge in [0, 0.05) is 17.7 Å². The Labute approximate surface area is 153 Å². The Morgan fingerprint density at radius 1 is 1.22 bits per heavy atom. The third-order valence-corrected chi connectivity index (χ3v) is 4.81. The van der Waals surface area contributed by atoms with E-state index in [1.54, 1.807) is 24.3 Å². The number of halogens is 3. The number of fused-ring (bicyclic) bond motifs is 1. The number of methoxy groups -OCH3 is 1. The molecule has 2 aliphatic rings. The summed E-state index contributed by atoms with van der Waals surface area (Å²) in [5.74, 6) is -0.614. The van der Waals surface area contributed by atoms with Crippen molar-refractivity contribution in [2.75, 3.05) is 12.4 Å². The van der Waals surface area contributed by atoms with E-state index in [0.29, 0.717) is 35.4 Å². The number of carbonyl (C=O) groups is 1. The topological polar surface area (TPSA) is 69.0 Å². The van der Waals surface area contributed by atoms with Gasteiger partial charge in [0.25, 0.3) is 5.82 Å². The number of ether oxygens (including phenoxy) is 1. The van der Waals surface area contributed by atoms with Crippen molar-refractivity contribution in [3.8, 4) is 5.75 Å². The van der Waals surface area contributed by atoms with Crippen LogP contribution in [-0.2, 0) is 11.0 Å². The van der Waals surface area contributed by atoms with Gasteiger partial charge in [0.2, 0.25) is 5.95 Å². The first-order valence-electron chi connectivity index (χ1n) is 8.49. The average molecular weight is 378 g/mol. The number of allylic oxidation sites excluding steroid dienone is 2. The highest BCUT2D eigenvalue weighted by Crippen LogP contribution is 2.42. The van der Waals surface area contributed by atoms with E-state index in [-0.39, 0.29) is 17.6 Å². The molecule has 0 radical (unpaired) electrons. The predicted octanol–water partition coefficient (Wildman–Crippen LogP) is 3.57. The Morgan fingerprint density at radius 3 is 2.56 bits per heavy atom. The fourth-order valence-electron chi connectivity index (χ4n) is 3.62. The maximum atomic E-state index is 13.1. The van der Waals surface area contributed by atoms with Gasteiger partial charge in [-0.1, -0.05) is 19.1 Å². The third-order valence-electron chi connectivity index (χ3n) is 4.81. The van der Waals surface area contributed by atoms with Gasteiger partial charge in [0.05, 0.1) is 7.11 Å². The van der Waals surface area contributed by atoms with Crippen molar-refractivity contribution in [3.63, 3.8) is 0 Å². The van der Waals surface area contributed by atoms with Crippen molar-refractivity contribution in [1.29, 1.82) is 0 Å². The van der Waals surface area contributed by atoms with Crippen LogP contribution in [0.5, 0.6) is 5.75 Å². The number of benzene rings is 1. The number of nitrogens with one attached hydrogen (secondary N) is 1. The van der Waals surface area contributed by atoms with E-state index < -0.39 is 18.0 Å². The standard InChI is InChI=1S/C18H17F3N4O2/c1-9-7-12-14(13(26)8-9)15(10-3-5-11(27-2)6-4-10)25-17(22-12)23-16(24-25)18(19,20)21/h3-6,9,15H,7-8H2,1-2H3,(H,22,23,24)/t9-,15-/m0/s1. The molecule has 2 heterocycles. The number of hydrogen-bond acceptors (Lipinski definition) is 5. The van der Waals surface area contributed by atoms with Crippen LogP contribution in [0, 0.1) is 5.92 Å². The van der Waals surface area contributed by atoms with E-state index in [0.717, 1.165) is 4.68 Å². The molecule has 0 spiro atoms. The highest BCUT2D eigenvalue weighted by atomic mass is 19.4. The summed E-state index contributed by atoms with van der Waals surface area (Å²) in [5.41, 5.74) is 1.71. The summed E-state index contributed by atoms with van der Waals surface area (Å²) in [7, 11) is 1.53. The molecule has 0 fully saturated rings. The summed E-state index contributed by atoms with van der Waals surface area (Å²) in [6.45, 7) is 1.94. The number of ketones is 1. The molecule has 1 N–H and O–H groups in total. The molecule has 0 unspecified atom stereocenters. The molecule has 2 atom stereocenters. The first kappa shape index (κ1) is 17.6. The lowest BCUT2D eigenvalue weighted by atomic mass is 9.81. The number of aromatic nitrogens is 3. The van der Waals surface area contributed by atoms with Gasteiger partial charge in [-0.15, -0.1) is 5.10 Å². The van der Waals surface area contributed by atoms with Crippen molar-refractivity contribution in [2.24, 2.45) is 5.92 Å². The summed E-state index contributed by atoms with van der Waals surface area (Å²) in [6, 6.07) is 6.10. The number of nitrogens with zero attached hydrogens (tertiary/aromatic N) is 3. The van der Waals surface area contributed by atoms with Crippen LogP contribution >= 0.6 is 0 Å². The van der Waals surface area contributed by atoms with Gasteiger partial charge in [-0.3, -0.25) is 4.79 Å². The monoisotopic (exact) mass is 378 g/mol.